The van der Waals surface area contributed by atoms with Crippen molar-refractivity contribution in [3.8, 4) is 5.75 Å². The van der Waals surface area contributed by atoms with Crippen molar-refractivity contribution < 1.29 is 27.0 Å². The second-order valence-corrected chi connectivity index (χ2v) is 10.7. The predicted molar refractivity (Wildman–Crippen MR) is 143 cm³/mol. The molecule has 0 heterocycles. The lowest BCUT2D eigenvalue weighted by Gasteiger charge is -2.29. The number of halogens is 4. The molecule has 6 heteroatoms. The van der Waals surface area contributed by atoms with E-state index in [1.54, 1.807) is 25.1 Å². The number of allylic oxidation sites excluding steroid dienone is 1. The number of ether oxygens (including phenoxy) is 2. The summed E-state index contributed by atoms with van der Waals surface area (Å²) in [6.45, 7) is 4.89. The molecule has 2 nitrogen and oxygen atoms in total. The molecule has 2 aliphatic rings. The minimum absolute atomic E-state index is 0.0368. The van der Waals surface area contributed by atoms with Crippen LogP contribution < -0.4 is 4.74 Å². The van der Waals surface area contributed by atoms with E-state index < -0.39 is 23.3 Å². The summed E-state index contributed by atoms with van der Waals surface area (Å²) < 4.78 is 70.0. The van der Waals surface area contributed by atoms with Gasteiger partial charge in [0.25, 0.3) is 0 Å². The molecule has 1 atom stereocenters. The summed E-state index contributed by atoms with van der Waals surface area (Å²) in [5, 5.41) is 0. The minimum Gasteiger partial charge on any atom is -0.491 e. The first-order valence-corrected chi connectivity index (χ1v) is 14.3. The summed E-state index contributed by atoms with van der Waals surface area (Å²) in [7, 11) is 0. The molecule has 38 heavy (non-hydrogen) atoms. The molecule has 4 rings (SSSR count). The van der Waals surface area contributed by atoms with Gasteiger partial charge < -0.3 is 9.47 Å². The Bertz CT molecular complexity index is 1110. The van der Waals surface area contributed by atoms with Crippen LogP contribution in [0.3, 0.4) is 0 Å². The normalized spacial score (nSPS) is 21.8. The van der Waals surface area contributed by atoms with E-state index in [1.165, 1.54) is 6.07 Å². The number of rotatable bonds is 11. The van der Waals surface area contributed by atoms with Crippen LogP contribution in [0.1, 0.15) is 101 Å². The van der Waals surface area contributed by atoms with Gasteiger partial charge in [0.15, 0.2) is 23.2 Å². The van der Waals surface area contributed by atoms with Gasteiger partial charge in [0.05, 0.1) is 12.7 Å². The molecule has 0 amide bonds. The van der Waals surface area contributed by atoms with Crippen LogP contribution in [0.5, 0.6) is 5.75 Å². The van der Waals surface area contributed by atoms with Gasteiger partial charge in [-0.15, -0.1) is 0 Å². The van der Waals surface area contributed by atoms with E-state index >= 15 is 4.39 Å². The Morgan fingerprint density at radius 1 is 0.842 bits per heavy atom. The lowest BCUT2D eigenvalue weighted by Crippen LogP contribution is -2.17. The van der Waals surface area contributed by atoms with Crippen LogP contribution in [0, 0.1) is 29.2 Å². The van der Waals surface area contributed by atoms with Gasteiger partial charge in [-0.25, -0.2) is 13.2 Å². The molecular weight excluding hydrogens is 492 g/mol. The second-order valence-electron chi connectivity index (χ2n) is 10.7. The SMILES string of the molecule is CCCCOC1CC=C(c2ccc(CCC3CCC(c4ccc(OCC)c(F)c4F)CC3)c(F)c2F)CC1. The van der Waals surface area contributed by atoms with E-state index in [2.05, 4.69) is 6.92 Å². The summed E-state index contributed by atoms with van der Waals surface area (Å²) >= 11 is 0. The maximum absolute atomic E-state index is 15.0. The molecule has 0 radical (unpaired) electrons. The molecule has 1 saturated carbocycles. The highest BCUT2D eigenvalue weighted by Crippen LogP contribution is 2.40. The van der Waals surface area contributed by atoms with Crippen molar-refractivity contribution in [2.45, 2.75) is 96.5 Å². The third kappa shape index (κ3) is 6.80. The minimum atomic E-state index is -0.920. The molecule has 2 aromatic carbocycles. The van der Waals surface area contributed by atoms with Gasteiger partial charge in [-0.1, -0.05) is 37.6 Å². The van der Waals surface area contributed by atoms with E-state index in [1.807, 2.05) is 6.08 Å². The zero-order chi connectivity index (χ0) is 27.1. The van der Waals surface area contributed by atoms with Gasteiger partial charge in [0, 0.05) is 12.2 Å². The molecule has 1 fully saturated rings. The molecule has 1 unspecified atom stereocenters. The van der Waals surface area contributed by atoms with Crippen molar-refractivity contribution in [3.63, 3.8) is 0 Å². The van der Waals surface area contributed by atoms with Gasteiger partial charge >= 0.3 is 0 Å². The molecule has 0 saturated heterocycles. The Labute approximate surface area is 224 Å². The van der Waals surface area contributed by atoms with Crippen molar-refractivity contribution in [2.75, 3.05) is 13.2 Å². The monoisotopic (exact) mass is 532 g/mol. The number of hydrogen-bond acceptors (Lipinski definition) is 2. The lowest BCUT2D eigenvalue weighted by atomic mass is 9.76. The molecule has 0 N–H and O–H groups in total. The summed E-state index contributed by atoms with van der Waals surface area (Å²) in [6.07, 6.45) is 11.0. The largest absolute Gasteiger partial charge is 0.491 e. The predicted octanol–water partition coefficient (Wildman–Crippen LogP) is 9.30. The first-order chi connectivity index (χ1) is 18.4. The Morgan fingerprint density at radius 3 is 2.32 bits per heavy atom. The zero-order valence-electron chi connectivity index (χ0n) is 22.6. The smallest absolute Gasteiger partial charge is 0.200 e. The van der Waals surface area contributed by atoms with Crippen LogP contribution in [-0.2, 0) is 11.2 Å². The van der Waals surface area contributed by atoms with Crippen LogP contribution in [0.2, 0.25) is 0 Å². The van der Waals surface area contributed by atoms with E-state index in [9.17, 15) is 13.2 Å². The summed E-state index contributed by atoms with van der Waals surface area (Å²) in [6, 6.07) is 6.59. The summed E-state index contributed by atoms with van der Waals surface area (Å²) in [4.78, 5) is 0. The van der Waals surface area contributed by atoms with Crippen molar-refractivity contribution in [3.05, 3.63) is 70.3 Å². The second kappa shape index (κ2) is 13.6. The highest BCUT2D eigenvalue weighted by Gasteiger charge is 2.27. The standard InChI is InChI=1S/C32H40F4O2/c1-3-5-20-38-25-15-12-23(13-16-25)26-17-14-24(29(33)30(26)34)11-8-21-6-9-22(10-7-21)27-18-19-28(37-4-2)32(36)31(27)35/h12,14,17-19,21-22,25H,3-11,13,15-16,20H2,1-2H3. The third-order valence-corrected chi connectivity index (χ3v) is 8.21. The summed E-state index contributed by atoms with van der Waals surface area (Å²) in [5.41, 5.74) is 2.04. The maximum atomic E-state index is 15.0. The fraction of sp³-hybridized carbons (Fsp3) is 0.562. The van der Waals surface area contributed by atoms with Crippen LogP contribution in [0.25, 0.3) is 5.57 Å². The van der Waals surface area contributed by atoms with Crippen LogP contribution in [-0.4, -0.2) is 19.3 Å². The van der Waals surface area contributed by atoms with E-state index in [-0.39, 0.29) is 24.4 Å². The van der Waals surface area contributed by atoms with Gasteiger partial charge in [0.1, 0.15) is 0 Å². The van der Waals surface area contributed by atoms with Crippen molar-refractivity contribution >= 4 is 5.57 Å². The van der Waals surface area contributed by atoms with Crippen molar-refractivity contribution in [2.24, 2.45) is 5.92 Å². The molecule has 2 aliphatic carbocycles. The van der Waals surface area contributed by atoms with Crippen molar-refractivity contribution in [1.29, 1.82) is 0 Å². The average molecular weight is 533 g/mol. The van der Waals surface area contributed by atoms with Gasteiger partial charge in [0.2, 0.25) is 5.82 Å². The van der Waals surface area contributed by atoms with E-state index in [0.717, 1.165) is 70.0 Å². The Hall–Kier alpha value is -2.34. The molecule has 0 aromatic heterocycles. The van der Waals surface area contributed by atoms with Crippen molar-refractivity contribution in [1.82, 2.24) is 0 Å². The number of hydrogen-bond donors (Lipinski definition) is 0. The number of unbranched alkanes of at least 4 members (excludes halogenated alkanes) is 1. The van der Waals surface area contributed by atoms with E-state index in [4.69, 9.17) is 9.47 Å². The molecule has 2 aromatic rings. The van der Waals surface area contributed by atoms with Crippen LogP contribution >= 0.6 is 0 Å². The molecule has 0 aliphatic heterocycles. The van der Waals surface area contributed by atoms with Gasteiger partial charge in [-0.2, -0.15) is 4.39 Å². The first-order valence-electron chi connectivity index (χ1n) is 14.3. The molecule has 0 spiro atoms. The van der Waals surface area contributed by atoms with Crippen LogP contribution in [0.4, 0.5) is 17.6 Å². The Morgan fingerprint density at radius 2 is 1.63 bits per heavy atom. The first kappa shape index (κ1) is 28.7. The Kier molecular flexibility index (Phi) is 10.3. The highest BCUT2D eigenvalue weighted by molar-refractivity contribution is 5.67. The van der Waals surface area contributed by atoms with E-state index in [0.29, 0.717) is 35.4 Å². The third-order valence-electron chi connectivity index (χ3n) is 8.21. The zero-order valence-corrected chi connectivity index (χ0v) is 22.6. The molecular formula is C32H40F4O2. The summed E-state index contributed by atoms with van der Waals surface area (Å²) in [5.74, 6) is -2.97. The topological polar surface area (TPSA) is 18.5 Å². The van der Waals surface area contributed by atoms with Gasteiger partial charge in [-0.3, -0.25) is 0 Å². The maximum Gasteiger partial charge on any atom is 0.200 e. The quantitative estimate of drug-likeness (QED) is 0.212. The average Bonchev–Trinajstić information content (AvgIpc) is 2.93. The fourth-order valence-electron chi connectivity index (χ4n) is 5.88. The fourth-order valence-corrected chi connectivity index (χ4v) is 5.88. The molecule has 208 valence electrons. The van der Waals surface area contributed by atoms with Gasteiger partial charge in [-0.05, 0) is 106 Å². The van der Waals surface area contributed by atoms with Crippen LogP contribution in [0.15, 0.2) is 30.3 Å². The molecule has 0 bridgehead atoms. The highest BCUT2D eigenvalue weighted by atomic mass is 19.2. The Balaban J connectivity index is 1.30. The number of benzene rings is 2. The number of aryl methyl sites for hydroxylation is 1. The lowest BCUT2D eigenvalue weighted by molar-refractivity contribution is 0.0466.